The molecular formula is C20H18N2O2S2. The number of thiophene rings is 1. The normalized spacial score (nSPS) is 11.3. The highest BCUT2D eigenvalue weighted by Crippen LogP contribution is 2.40. The molecule has 4 rings (SSSR count). The molecule has 0 radical (unpaired) electrons. The number of carbonyl (C=O) groups excluding carboxylic acids is 1. The quantitative estimate of drug-likeness (QED) is 0.346. The third-order valence-corrected chi connectivity index (χ3v) is 6.60. The van der Waals surface area contributed by atoms with Crippen molar-refractivity contribution in [3.63, 3.8) is 0 Å². The Morgan fingerprint density at radius 1 is 1.23 bits per heavy atom. The van der Waals surface area contributed by atoms with Gasteiger partial charge in [-0.2, -0.15) is 0 Å². The largest absolute Gasteiger partial charge is 0.462 e. The number of carbonyl (C=O) groups is 1. The Morgan fingerprint density at radius 2 is 2.04 bits per heavy atom. The van der Waals surface area contributed by atoms with Crippen LogP contribution in [0.5, 0.6) is 0 Å². The summed E-state index contributed by atoms with van der Waals surface area (Å²) in [5.41, 5.74) is 4.96. The van der Waals surface area contributed by atoms with Crippen molar-refractivity contribution in [3.8, 4) is 0 Å². The third-order valence-electron chi connectivity index (χ3n) is 4.12. The SMILES string of the molecule is CCOC(=O)c1sc(SCc2ccccc2)c2c1nc1c(C)cccn12. The van der Waals surface area contributed by atoms with Crippen LogP contribution in [0.3, 0.4) is 0 Å². The Bertz CT molecular complexity index is 1080. The van der Waals surface area contributed by atoms with Crippen LogP contribution < -0.4 is 0 Å². The van der Waals surface area contributed by atoms with E-state index in [9.17, 15) is 4.79 Å². The van der Waals surface area contributed by atoms with E-state index in [-0.39, 0.29) is 5.97 Å². The molecule has 0 fully saturated rings. The van der Waals surface area contributed by atoms with E-state index in [1.54, 1.807) is 11.8 Å². The molecule has 4 aromatic rings. The monoisotopic (exact) mass is 382 g/mol. The van der Waals surface area contributed by atoms with Crippen molar-refractivity contribution < 1.29 is 9.53 Å². The second-order valence-electron chi connectivity index (χ2n) is 5.91. The van der Waals surface area contributed by atoms with Crippen molar-refractivity contribution in [3.05, 3.63) is 64.7 Å². The van der Waals surface area contributed by atoms with Gasteiger partial charge in [0, 0.05) is 11.9 Å². The first-order valence-corrected chi connectivity index (χ1v) is 10.2. The van der Waals surface area contributed by atoms with Gasteiger partial charge in [-0.15, -0.1) is 23.1 Å². The van der Waals surface area contributed by atoms with Gasteiger partial charge in [-0.25, -0.2) is 9.78 Å². The molecule has 0 N–H and O–H groups in total. The summed E-state index contributed by atoms with van der Waals surface area (Å²) >= 11 is 3.21. The first kappa shape index (κ1) is 17.1. The minimum Gasteiger partial charge on any atom is -0.462 e. The second kappa shape index (κ2) is 7.13. The van der Waals surface area contributed by atoms with E-state index in [1.165, 1.54) is 16.9 Å². The van der Waals surface area contributed by atoms with Crippen LogP contribution in [0.2, 0.25) is 0 Å². The van der Waals surface area contributed by atoms with Crippen molar-refractivity contribution in [2.45, 2.75) is 23.8 Å². The number of thioether (sulfide) groups is 1. The van der Waals surface area contributed by atoms with E-state index in [0.29, 0.717) is 11.5 Å². The first-order chi connectivity index (χ1) is 12.7. The summed E-state index contributed by atoms with van der Waals surface area (Å²) in [5, 5.41) is 0. The minimum atomic E-state index is -0.296. The van der Waals surface area contributed by atoms with Gasteiger partial charge in [-0.05, 0) is 31.0 Å². The second-order valence-corrected chi connectivity index (χ2v) is 8.17. The molecule has 0 bridgehead atoms. The molecule has 0 saturated carbocycles. The molecule has 0 saturated heterocycles. The molecule has 0 atom stereocenters. The van der Waals surface area contributed by atoms with Crippen molar-refractivity contribution in [2.24, 2.45) is 0 Å². The van der Waals surface area contributed by atoms with Crippen LogP contribution in [-0.4, -0.2) is 22.0 Å². The molecule has 0 aliphatic rings. The number of aryl methyl sites for hydroxylation is 1. The van der Waals surface area contributed by atoms with Gasteiger partial charge in [0.2, 0.25) is 0 Å². The number of ether oxygens (including phenoxy) is 1. The van der Waals surface area contributed by atoms with Gasteiger partial charge >= 0.3 is 5.97 Å². The summed E-state index contributed by atoms with van der Waals surface area (Å²) in [7, 11) is 0. The fourth-order valence-electron chi connectivity index (χ4n) is 2.90. The fraction of sp³-hybridized carbons (Fsp3) is 0.200. The molecular weight excluding hydrogens is 364 g/mol. The molecule has 3 aromatic heterocycles. The Hall–Kier alpha value is -2.31. The van der Waals surface area contributed by atoms with Crippen LogP contribution >= 0.6 is 23.1 Å². The van der Waals surface area contributed by atoms with Gasteiger partial charge in [-0.1, -0.05) is 36.4 Å². The molecule has 0 aliphatic heterocycles. The van der Waals surface area contributed by atoms with Crippen molar-refractivity contribution in [1.29, 1.82) is 0 Å². The van der Waals surface area contributed by atoms with E-state index >= 15 is 0 Å². The zero-order chi connectivity index (χ0) is 18.1. The number of imidazole rings is 1. The van der Waals surface area contributed by atoms with Gasteiger partial charge < -0.3 is 4.74 Å². The van der Waals surface area contributed by atoms with Crippen molar-refractivity contribution in [2.75, 3.05) is 6.61 Å². The third kappa shape index (κ3) is 2.99. The highest BCUT2D eigenvalue weighted by molar-refractivity contribution is 8.00. The number of hydrogen-bond donors (Lipinski definition) is 0. The summed E-state index contributed by atoms with van der Waals surface area (Å²) in [6, 6.07) is 14.4. The molecule has 6 heteroatoms. The van der Waals surface area contributed by atoms with Crippen molar-refractivity contribution >= 4 is 45.7 Å². The fourth-order valence-corrected chi connectivity index (χ4v) is 5.25. The van der Waals surface area contributed by atoms with Crippen molar-refractivity contribution in [1.82, 2.24) is 9.38 Å². The topological polar surface area (TPSA) is 43.6 Å². The lowest BCUT2D eigenvalue weighted by atomic mass is 10.2. The van der Waals surface area contributed by atoms with E-state index in [0.717, 1.165) is 32.2 Å². The zero-order valence-corrected chi connectivity index (χ0v) is 16.2. The Kier molecular flexibility index (Phi) is 4.70. The maximum absolute atomic E-state index is 12.4. The standard InChI is InChI=1S/C20H18N2O2S2/c1-3-24-19(23)17-15-16(22-11-7-8-13(2)18(22)21-15)20(26-17)25-12-14-9-5-4-6-10-14/h4-11H,3,12H2,1-2H3. The molecule has 0 spiro atoms. The summed E-state index contributed by atoms with van der Waals surface area (Å²) in [4.78, 5) is 17.8. The molecule has 132 valence electrons. The minimum absolute atomic E-state index is 0.296. The average molecular weight is 383 g/mol. The summed E-state index contributed by atoms with van der Waals surface area (Å²) in [5.74, 6) is 0.549. The number of fused-ring (bicyclic) bond motifs is 3. The van der Waals surface area contributed by atoms with Gasteiger partial charge in [0.15, 0.2) is 0 Å². The van der Waals surface area contributed by atoms with E-state index in [4.69, 9.17) is 9.72 Å². The Morgan fingerprint density at radius 3 is 2.81 bits per heavy atom. The lowest BCUT2D eigenvalue weighted by Crippen LogP contribution is -2.02. The number of hydrogen-bond acceptors (Lipinski definition) is 5. The van der Waals surface area contributed by atoms with Crippen LogP contribution in [0.4, 0.5) is 0 Å². The van der Waals surface area contributed by atoms with Gasteiger partial charge in [0.25, 0.3) is 0 Å². The maximum atomic E-state index is 12.4. The summed E-state index contributed by atoms with van der Waals surface area (Å²) in [6.45, 7) is 4.21. The molecule has 3 heterocycles. The number of rotatable bonds is 5. The molecule has 0 aliphatic carbocycles. The highest BCUT2D eigenvalue weighted by atomic mass is 32.2. The Labute approximate surface area is 159 Å². The lowest BCUT2D eigenvalue weighted by molar-refractivity contribution is 0.0534. The number of benzene rings is 1. The predicted molar refractivity (Wildman–Crippen MR) is 107 cm³/mol. The molecule has 0 unspecified atom stereocenters. The molecule has 0 amide bonds. The number of aromatic nitrogens is 2. The number of esters is 1. The van der Waals surface area contributed by atoms with E-state index in [2.05, 4.69) is 16.5 Å². The van der Waals surface area contributed by atoms with Crippen LogP contribution in [0.15, 0.2) is 52.9 Å². The average Bonchev–Trinajstić information content (AvgIpc) is 3.20. The lowest BCUT2D eigenvalue weighted by Gasteiger charge is -2.02. The van der Waals surface area contributed by atoms with Crippen LogP contribution in [0.1, 0.15) is 27.7 Å². The van der Waals surface area contributed by atoms with Gasteiger partial charge in [0.1, 0.15) is 16.0 Å². The number of nitrogens with zero attached hydrogens (tertiary/aromatic N) is 2. The first-order valence-electron chi connectivity index (χ1n) is 8.43. The van der Waals surface area contributed by atoms with Crippen LogP contribution in [0.25, 0.3) is 16.7 Å². The summed E-state index contributed by atoms with van der Waals surface area (Å²) < 4.78 is 8.42. The molecule has 4 nitrogen and oxygen atoms in total. The predicted octanol–water partition coefficient (Wildman–Crippen LogP) is 5.33. The van der Waals surface area contributed by atoms with Crippen LogP contribution in [0, 0.1) is 6.92 Å². The smallest absolute Gasteiger partial charge is 0.350 e. The van der Waals surface area contributed by atoms with E-state index < -0.39 is 0 Å². The Balaban J connectivity index is 1.84. The summed E-state index contributed by atoms with van der Waals surface area (Å²) in [6.07, 6.45) is 2.01. The zero-order valence-electron chi connectivity index (χ0n) is 14.6. The highest BCUT2D eigenvalue weighted by Gasteiger charge is 2.23. The van der Waals surface area contributed by atoms with Gasteiger partial charge in [0.05, 0.1) is 16.3 Å². The maximum Gasteiger partial charge on any atom is 0.350 e. The molecule has 26 heavy (non-hydrogen) atoms. The number of pyridine rings is 1. The van der Waals surface area contributed by atoms with E-state index in [1.807, 2.05) is 50.4 Å². The van der Waals surface area contributed by atoms with Gasteiger partial charge in [-0.3, -0.25) is 4.40 Å². The van der Waals surface area contributed by atoms with Crippen LogP contribution in [-0.2, 0) is 10.5 Å². The molecule has 1 aromatic carbocycles.